The van der Waals surface area contributed by atoms with E-state index < -0.39 is 18.5 Å². The lowest BCUT2D eigenvalue weighted by Gasteiger charge is -2.08. The number of amides is 2. The number of nitrogens with one attached hydrogen (secondary N) is 2. The van der Waals surface area contributed by atoms with Crippen LogP contribution in [0.3, 0.4) is 0 Å². The standard InChI is InChI=1S/C22H24N2O5/c1-15(2)12-20(26)24-18-10-8-16(9-11-18)19(25)14-29-21(27)13-23-22(28)17-6-4-3-5-7-17/h3-11,15H,12-14H2,1-2H3,(H,23,28)(H,24,26). The molecule has 2 aromatic carbocycles. The van der Waals surface area contributed by atoms with Gasteiger partial charge in [0.15, 0.2) is 12.4 Å². The number of anilines is 1. The highest BCUT2D eigenvalue weighted by Gasteiger charge is 2.12. The van der Waals surface area contributed by atoms with E-state index in [4.69, 9.17) is 4.74 Å². The summed E-state index contributed by atoms with van der Waals surface area (Å²) in [5.41, 5.74) is 1.37. The molecule has 0 heterocycles. The monoisotopic (exact) mass is 396 g/mol. The molecule has 0 bridgehead atoms. The van der Waals surface area contributed by atoms with Gasteiger partial charge in [-0.2, -0.15) is 0 Å². The minimum atomic E-state index is -0.708. The van der Waals surface area contributed by atoms with Crippen LogP contribution < -0.4 is 10.6 Å². The summed E-state index contributed by atoms with van der Waals surface area (Å²) in [4.78, 5) is 47.5. The third-order valence-corrected chi connectivity index (χ3v) is 3.88. The van der Waals surface area contributed by atoms with Crippen LogP contribution in [-0.2, 0) is 14.3 Å². The molecule has 0 aliphatic heterocycles. The maximum Gasteiger partial charge on any atom is 0.325 e. The van der Waals surface area contributed by atoms with Gasteiger partial charge in [0.2, 0.25) is 5.91 Å². The van der Waals surface area contributed by atoms with Crippen LogP contribution in [0.5, 0.6) is 0 Å². The van der Waals surface area contributed by atoms with Gasteiger partial charge in [-0.25, -0.2) is 0 Å². The van der Waals surface area contributed by atoms with Crippen LogP contribution in [0.2, 0.25) is 0 Å². The minimum Gasteiger partial charge on any atom is -0.456 e. The Bertz CT molecular complexity index is 861. The Kier molecular flexibility index (Phi) is 8.09. The maximum atomic E-state index is 12.1. The number of hydrogen-bond acceptors (Lipinski definition) is 5. The summed E-state index contributed by atoms with van der Waals surface area (Å²) in [7, 11) is 0. The van der Waals surface area contributed by atoms with Crippen molar-refractivity contribution in [3.8, 4) is 0 Å². The predicted molar refractivity (Wildman–Crippen MR) is 109 cm³/mol. The highest BCUT2D eigenvalue weighted by Crippen LogP contribution is 2.12. The number of carbonyl (C=O) groups excluding carboxylic acids is 4. The quantitative estimate of drug-likeness (QED) is 0.501. The van der Waals surface area contributed by atoms with Gasteiger partial charge in [-0.3, -0.25) is 19.2 Å². The van der Waals surface area contributed by atoms with Crippen molar-refractivity contribution in [3.63, 3.8) is 0 Å². The van der Waals surface area contributed by atoms with E-state index in [0.717, 1.165) is 0 Å². The topological polar surface area (TPSA) is 102 Å². The van der Waals surface area contributed by atoms with Gasteiger partial charge in [0.1, 0.15) is 6.54 Å². The Balaban J connectivity index is 1.76. The SMILES string of the molecule is CC(C)CC(=O)Nc1ccc(C(=O)COC(=O)CNC(=O)c2ccccc2)cc1. The molecule has 0 radical (unpaired) electrons. The summed E-state index contributed by atoms with van der Waals surface area (Å²) in [5, 5.41) is 5.19. The number of hydrogen-bond donors (Lipinski definition) is 2. The molecule has 2 N–H and O–H groups in total. The molecule has 7 nitrogen and oxygen atoms in total. The Labute approximate surface area is 169 Å². The van der Waals surface area contributed by atoms with E-state index in [1.807, 2.05) is 13.8 Å². The van der Waals surface area contributed by atoms with Gasteiger partial charge in [-0.05, 0) is 42.3 Å². The number of ketones is 1. The molecule has 2 amide bonds. The largest absolute Gasteiger partial charge is 0.456 e. The van der Waals surface area contributed by atoms with E-state index in [1.54, 1.807) is 54.6 Å². The molecule has 7 heteroatoms. The van der Waals surface area contributed by atoms with Gasteiger partial charge < -0.3 is 15.4 Å². The van der Waals surface area contributed by atoms with Gasteiger partial charge in [-0.15, -0.1) is 0 Å². The second-order valence-electron chi connectivity index (χ2n) is 6.86. The lowest BCUT2D eigenvalue weighted by molar-refractivity contribution is -0.141. The number of Topliss-reactive ketones (excluding diaryl/α,β-unsaturated/α-hetero) is 1. The van der Waals surface area contributed by atoms with Crippen LogP contribution in [0.25, 0.3) is 0 Å². The molecular formula is C22H24N2O5. The summed E-state index contributed by atoms with van der Waals surface area (Å²) in [6, 6.07) is 14.8. The molecule has 0 aromatic heterocycles. The predicted octanol–water partition coefficient (Wildman–Crippen LogP) is 2.83. The van der Waals surface area contributed by atoms with Crippen molar-refractivity contribution in [1.29, 1.82) is 0 Å². The molecule has 0 atom stereocenters. The first-order valence-corrected chi connectivity index (χ1v) is 9.27. The van der Waals surface area contributed by atoms with Crippen molar-refractivity contribution in [2.24, 2.45) is 5.92 Å². The van der Waals surface area contributed by atoms with Gasteiger partial charge >= 0.3 is 5.97 Å². The van der Waals surface area contributed by atoms with Gasteiger partial charge in [0.05, 0.1) is 0 Å². The number of rotatable bonds is 9. The molecule has 0 aliphatic carbocycles. The van der Waals surface area contributed by atoms with Gasteiger partial charge in [-0.1, -0.05) is 32.0 Å². The minimum absolute atomic E-state index is 0.0921. The zero-order valence-corrected chi connectivity index (χ0v) is 16.4. The first kappa shape index (κ1) is 21.8. The fourth-order valence-corrected chi connectivity index (χ4v) is 2.45. The Morgan fingerprint density at radius 3 is 2.17 bits per heavy atom. The molecule has 152 valence electrons. The summed E-state index contributed by atoms with van der Waals surface area (Å²) in [6.07, 6.45) is 0.414. The highest BCUT2D eigenvalue weighted by molar-refractivity contribution is 5.99. The lowest BCUT2D eigenvalue weighted by atomic mass is 10.1. The molecule has 29 heavy (non-hydrogen) atoms. The number of benzene rings is 2. The van der Waals surface area contributed by atoms with Crippen LogP contribution in [0.15, 0.2) is 54.6 Å². The maximum absolute atomic E-state index is 12.1. The summed E-state index contributed by atoms with van der Waals surface area (Å²) in [5.74, 6) is -1.33. The average Bonchev–Trinajstić information content (AvgIpc) is 2.70. The van der Waals surface area contributed by atoms with E-state index in [1.165, 1.54) is 0 Å². The van der Waals surface area contributed by atoms with Gasteiger partial charge in [0, 0.05) is 23.2 Å². The lowest BCUT2D eigenvalue weighted by Crippen LogP contribution is -2.31. The van der Waals surface area contributed by atoms with Crippen LogP contribution in [0, 0.1) is 5.92 Å². The smallest absolute Gasteiger partial charge is 0.325 e. The second kappa shape index (κ2) is 10.8. The second-order valence-corrected chi connectivity index (χ2v) is 6.86. The first-order chi connectivity index (χ1) is 13.8. The zero-order chi connectivity index (χ0) is 21.2. The van der Waals surface area contributed by atoms with Crippen molar-refractivity contribution in [2.75, 3.05) is 18.5 Å². The van der Waals surface area contributed by atoms with Crippen LogP contribution in [-0.4, -0.2) is 36.7 Å². The average molecular weight is 396 g/mol. The number of carbonyl (C=O) groups is 4. The summed E-state index contributed by atoms with van der Waals surface area (Å²) in [6.45, 7) is 3.15. The molecular weight excluding hydrogens is 372 g/mol. The third kappa shape index (κ3) is 7.57. The van der Waals surface area contributed by atoms with E-state index in [2.05, 4.69) is 10.6 Å². The van der Waals surface area contributed by atoms with Crippen LogP contribution in [0.4, 0.5) is 5.69 Å². The fraction of sp³-hybridized carbons (Fsp3) is 0.273. The Morgan fingerprint density at radius 1 is 0.897 bits per heavy atom. The Morgan fingerprint density at radius 2 is 1.55 bits per heavy atom. The van der Waals surface area contributed by atoms with Crippen molar-refractivity contribution < 1.29 is 23.9 Å². The van der Waals surface area contributed by atoms with Crippen molar-refractivity contribution in [3.05, 3.63) is 65.7 Å². The first-order valence-electron chi connectivity index (χ1n) is 9.27. The van der Waals surface area contributed by atoms with Crippen LogP contribution >= 0.6 is 0 Å². The van der Waals surface area contributed by atoms with Crippen LogP contribution in [0.1, 0.15) is 41.0 Å². The molecule has 0 spiro atoms. The normalized spacial score (nSPS) is 10.3. The molecule has 0 unspecified atom stereocenters. The van der Waals surface area contributed by atoms with Crippen molar-refractivity contribution in [1.82, 2.24) is 5.32 Å². The summed E-state index contributed by atoms with van der Waals surface area (Å²) >= 11 is 0. The van der Waals surface area contributed by atoms with E-state index in [0.29, 0.717) is 23.2 Å². The Hall–Kier alpha value is -3.48. The van der Waals surface area contributed by atoms with E-state index >= 15 is 0 Å². The number of esters is 1. The third-order valence-electron chi connectivity index (χ3n) is 3.88. The fourth-order valence-electron chi connectivity index (χ4n) is 2.45. The zero-order valence-electron chi connectivity index (χ0n) is 16.4. The van der Waals surface area contributed by atoms with E-state index in [9.17, 15) is 19.2 Å². The molecule has 2 aromatic rings. The highest BCUT2D eigenvalue weighted by atomic mass is 16.5. The molecule has 0 aliphatic rings. The van der Waals surface area contributed by atoms with E-state index in [-0.39, 0.29) is 24.2 Å². The molecule has 0 saturated heterocycles. The molecule has 0 fully saturated rings. The van der Waals surface area contributed by atoms with Crippen molar-refractivity contribution >= 4 is 29.3 Å². The van der Waals surface area contributed by atoms with Gasteiger partial charge in [0.25, 0.3) is 5.91 Å². The molecule has 0 saturated carbocycles. The summed E-state index contributed by atoms with van der Waals surface area (Å²) < 4.78 is 4.91. The number of ether oxygens (including phenoxy) is 1. The molecule has 2 rings (SSSR count). The van der Waals surface area contributed by atoms with Crippen molar-refractivity contribution in [2.45, 2.75) is 20.3 Å².